The average molecular weight is 223 g/mol. The first kappa shape index (κ1) is 13.2. The molecule has 0 saturated carbocycles. The lowest BCUT2D eigenvalue weighted by molar-refractivity contribution is 0.387. The van der Waals surface area contributed by atoms with E-state index in [1.54, 1.807) is 0 Å². The first-order valence-corrected chi connectivity index (χ1v) is 6.10. The van der Waals surface area contributed by atoms with Crippen LogP contribution in [-0.2, 0) is 7.05 Å². The largest absolute Gasteiger partial charge is 0.307 e. The zero-order valence-corrected chi connectivity index (χ0v) is 11.6. The number of nitrogens with one attached hydrogen (secondary N) is 1. The van der Waals surface area contributed by atoms with Crippen LogP contribution in [0.4, 0.5) is 0 Å². The van der Waals surface area contributed by atoms with Crippen LogP contribution >= 0.6 is 0 Å². The van der Waals surface area contributed by atoms with Crippen LogP contribution in [0, 0.1) is 19.8 Å². The summed E-state index contributed by atoms with van der Waals surface area (Å²) < 4.78 is 1.96. The van der Waals surface area contributed by atoms with E-state index in [9.17, 15) is 0 Å². The van der Waals surface area contributed by atoms with E-state index >= 15 is 0 Å². The number of rotatable bonds is 4. The van der Waals surface area contributed by atoms with Crippen molar-refractivity contribution < 1.29 is 0 Å². The van der Waals surface area contributed by atoms with Gasteiger partial charge in [-0.05, 0) is 33.6 Å². The highest BCUT2D eigenvalue weighted by Crippen LogP contribution is 2.21. The molecule has 0 bridgehead atoms. The Morgan fingerprint density at radius 3 is 2.06 bits per heavy atom. The third kappa shape index (κ3) is 2.64. The van der Waals surface area contributed by atoms with Crippen molar-refractivity contribution in [3.63, 3.8) is 0 Å². The molecule has 1 N–H and O–H groups in total. The molecule has 1 heterocycles. The second kappa shape index (κ2) is 5.00. The van der Waals surface area contributed by atoms with Crippen molar-refractivity contribution in [1.82, 2.24) is 15.1 Å². The van der Waals surface area contributed by atoms with Gasteiger partial charge in [0.2, 0.25) is 0 Å². The maximum atomic E-state index is 4.46. The Hall–Kier alpha value is -0.830. The van der Waals surface area contributed by atoms with E-state index in [4.69, 9.17) is 0 Å². The van der Waals surface area contributed by atoms with E-state index < -0.39 is 0 Å². The highest BCUT2D eigenvalue weighted by atomic mass is 15.3. The molecule has 0 aliphatic heterocycles. The predicted molar refractivity (Wildman–Crippen MR) is 68.5 cm³/mol. The molecule has 1 aromatic heterocycles. The Morgan fingerprint density at radius 1 is 1.12 bits per heavy atom. The van der Waals surface area contributed by atoms with Crippen LogP contribution < -0.4 is 5.32 Å². The summed E-state index contributed by atoms with van der Waals surface area (Å²) in [6.45, 7) is 13.2. The van der Waals surface area contributed by atoms with Gasteiger partial charge in [0.1, 0.15) is 0 Å². The van der Waals surface area contributed by atoms with E-state index in [2.05, 4.69) is 52.0 Å². The molecule has 92 valence electrons. The fourth-order valence-corrected chi connectivity index (χ4v) is 2.09. The average Bonchev–Trinajstić information content (AvgIpc) is 2.40. The summed E-state index contributed by atoms with van der Waals surface area (Å²) in [5, 5.41) is 8.10. The number of aryl methyl sites for hydroxylation is 2. The lowest BCUT2D eigenvalue weighted by atomic mass is 10.0. The van der Waals surface area contributed by atoms with Crippen LogP contribution in [0.2, 0.25) is 0 Å². The highest BCUT2D eigenvalue weighted by molar-refractivity contribution is 5.27. The third-order valence-electron chi connectivity index (χ3n) is 3.51. The summed E-state index contributed by atoms with van der Waals surface area (Å²) >= 11 is 0. The van der Waals surface area contributed by atoms with Gasteiger partial charge in [0.15, 0.2) is 0 Å². The van der Waals surface area contributed by atoms with Crippen molar-refractivity contribution in [2.75, 3.05) is 0 Å². The Morgan fingerprint density at radius 2 is 1.69 bits per heavy atom. The standard InChI is InChI=1S/C13H25N3/c1-8(2)9(3)14-10(4)13-11(5)15-16(7)12(13)6/h8-10,14H,1-7H3. The summed E-state index contributed by atoms with van der Waals surface area (Å²) in [5.74, 6) is 0.653. The molecular weight excluding hydrogens is 198 g/mol. The van der Waals surface area contributed by atoms with Crippen LogP contribution in [0.25, 0.3) is 0 Å². The van der Waals surface area contributed by atoms with Gasteiger partial charge < -0.3 is 5.32 Å². The maximum Gasteiger partial charge on any atom is 0.0644 e. The lowest BCUT2D eigenvalue weighted by Crippen LogP contribution is -2.33. The summed E-state index contributed by atoms with van der Waals surface area (Å²) in [5.41, 5.74) is 3.74. The predicted octanol–water partition coefficient (Wildman–Crippen LogP) is 2.73. The van der Waals surface area contributed by atoms with Gasteiger partial charge in [-0.3, -0.25) is 4.68 Å². The van der Waals surface area contributed by atoms with Gasteiger partial charge in [0, 0.05) is 30.4 Å². The van der Waals surface area contributed by atoms with E-state index in [1.807, 2.05) is 11.7 Å². The second-order valence-corrected chi connectivity index (χ2v) is 5.13. The molecule has 3 heteroatoms. The van der Waals surface area contributed by atoms with Crippen molar-refractivity contribution >= 4 is 0 Å². The van der Waals surface area contributed by atoms with Gasteiger partial charge in [-0.15, -0.1) is 0 Å². The van der Waals surface area contributed by atoms with E-state index in [0.717, 1.165) is 5.69 Å². The first-order valence-electron chi connectivity index (χ1n) is 6.10. The molecule has 0 aromatic carbocycles. The molecule has 0 fully saturated rings. The quantitative estimate of drug-likeness (QED) is 0.850. The highest BCUT2D eigenvalue weighted by Gasteiger charge is 2.18. The van der Waals surface area contributed by atoms with E-state index in [1.165, 1.54) is 11.3 Å². The fourth-order valence-electron chi connectivity index (χ4n) is 2.09. The van der Waals surface area contributed by atoms with Gasteiger partial charge in [-0.2, -0.15) is 5.10 Å². The van der Waals surface area contributed by atoms with E-state index in [-0.39, 0.29) is 0 Å². The smallest absolute Gasteiger partial charge is 0.0644 e. The maximum absolute atomic E-state index is 4.46. The minimum absolute atomic E-state index is 0.367. The molecule has 1 aromatic rings. The molecule has 0 radical (unpaired) electrons. The Labute approximate surface area is 99.2 Å². The minimum atomic E-state index is 0.367. The van der Waals surface area contributed by atoms with Crippen LogP contribution in [0.15, 0.2) is 0 Å². The number of aromatic nitrogens is 2. The first-order chi connectivity index (χ1) is 7.34. The van der Waals surface area contributed by atoms with Crippen molar-refractivity contribution in [3.05, 3.63) is 17.0 Å². The molecule has 2 atom stereocenters. The van der Waals surface area contributed by atoms with Crippen LogP contribution in [0.1, 0.15) is 50.7 Å². The van der Waals surface area contributed by atoms with E-state index in [0.29, 0.717) is 18.0 Å². The minimum Gasteiger partial charge on any atom is -0.307 e. The monoisotopic (exact) mass is 223 g/mol. The van der Waals surface area contributed by atoms with Crippen molar-refractivity contribution in [2.45, 2.75) is 53.6 Å². The van der Waals surface area contributed by atoms with Crippen molar-refractivity contribution in [1.29, 1.82) is 0 Å². The summed E-state index contributed by atoms with van der Waals surface area (Å²) in [7, 11) is 2.00. The van der Waals surface area contributed by atoms with Gasteiger partial charge in [0.25, 0.3) is 0 Å². The topological polar surface area (TPSA) is 29.9 Å². The molecule has 0 amide bonds. The number of nitrogens with zero attached hydrogens (tertiary/aromatic N) is 2. The number of hydrogen-bond donors (Lipinski definition) is 1. The normalized spacial score (nSPS) is 15.5. The Bertz CT molecular complexity index is 352. The molecule has 3 nitrogen and oxygen atoms in total. The molecule has 0 aliphatic carbocycles. The fraction of sp³-hybridized carbons (Fsp3) is 0.769. The molecular formula is C13H25N3. The summed E-state index contributed by atoms with van der Waals surface area (Å²) in [6, 6.07) is 0.889. The number of hydrogen-bond acceptors (Lipinski definition) is 2. The van der Waals surface area contributed by atoms with Gasteiger partial charge in [0.05, 0.1) is 5.69 Å². The molecule has 1 rings (SSSR count). The molecule has 0 saturated heterocycles. The Balaban J connectivity index is 2.84. The van der Waals surface area contributed by atoms with Crippen molar-refractivity contribution in [2.24, 2.45) is 13.0 Å². The summed E-state index contributed by atoms with van der Waals surface area (Å²) in [4.78, 5) is 0. The SMILES string of the molecule is Cc1nn(C)c(C)c1C(C)NC(C)C(C)C. The van der Waals surface area contributed by atoms with Gasteiger partial charge >= 0.3 is 0 Å². The zero-order chi connectivity index (χ0) is 12.5. The second-order valence-electron chi connectivity index (χ2n) is 5.13. The molecule has 0 spiro atoms. The van der Waals surface area contributed by atoms with Gasteiger partial charge in [-0.1, -0.05) is 13.8 Å². The molecule has 16 heavy (non-hydrogen) atoms. The lowest BCUT2D eigenvalue weighted by Gasteiger charge is -2.23. The van der Waals surface area contributed by atoms with Gasteiger partial charge in [-0.25, -0.2) is 0 Å². The van der Waals surface area contributed by atoms with Crippen LogP contribution in [0.5, 0.6) is 0 Å². The third-order valence-corrected chi connectivity index (χ3v) is 3.51. The Kier molecular flexibility index (Phi) is 4.14. The van der Waals surface area contributed by atoms with Crippen LogP contribution in [-0.4, -0.2) is 15.8 Å². The molecule has 0 aliphatic rings. The van der Waals surface area contributed by atoms with Crippen molar-refractivity contribution in [3.8, 4) is 0 Å². The van der Waals surface area contributed by atoms with Crippen LogP contribution in [0.3, 0.4) is 0 Å². The summed E-state index contributed by atoms with van der Waals surface area (Å²) in [6.07, 6.45) is 0. The molecule has 2 unspecified atom stereocenters. The zero-order valence-electron chi connectivity index (χ0n) is 11.6.